The van der Waals surface area contributed by atoms with E-state index < -0.39 is 0 Å². The van der Waals surface area contributed by atoms with Crippen LogP contribution < -0.4 is 10.1 Å². The van der Waals surface area contributed by atoms with Gasteiger partial charge >= 0.3 is 0 Å². The van der Waals surface area contributed by atoms with Crippen molar-refractivity contribution in [3.8, 4) is 5.75 Å². The standard InChI is InChI=1S/C15H19Br2NO/c16-12-5-6-14(13(17)9-12)19-8-7-18-15(10-1-2-10)11-3-4-11/h5-6,9-11,15,18H,1-4,7-8H2. The number of nitrogens with one attached hydrogen (secondary N) is 1. The molecule has 1 aromatic rings. The van der Waals surface area contributed by atoms with Crippen LogP contribution in [0.1, 0.15) is 25.7 Å². The Morgan fingerprint density at radius 2 is 1.84 bits per heavy atom. The molecule has 2 aliphatic rings. The Balaban J connectivity index is 1.42. The first-order valence-corrected chi connectivity index (χ1v) is 8.64. The van der Waals surface area contributed by atoms with Gasteiger partial charge in [-0.05, 0) is 71.6 Å². The average Bonchev–Trinajstić information content (AvgIpc) is 3.26. The van der Waals surface area contributed by atoms with Gasteiger partial charge in [0.15, 0.2) is 0 Å². The Morgan fingerprint density at radius 3 is 2.42 bits per heavy atom. The zero-order valence-electron chi connectivity index (χ0n) is 10.9. The molecule has 0 amide bonds. The van der Waals surface area contributed by atoms with Crippen LogP contribution in [0.25, 0.3) is 0 Å². The number of hydrogen-bond donors (Lipinski definition) is 1. The molecule has 4 heteroatoms. The quantitative estimate of drug-likeness (QED) is 0.700. The van der Waals surface area contributed by atoms with Gasteiger partial charge in [-0.25, -0.2) is 0 Å². The Morgan fingerprint density at radius 1 is 1.16 bits per heavy atom. The van der Waals surface area contributed by atoms with E-state index in [4.69, 9.17) is 4.74 Å². The molecule has 0 spiro atoms. The molecule has 0 radical (unpaired) electrons. The van der Waals surface area contributed by atoms with Gasteiger partial charge in [-0.15, -0.1) is 0 Å². The highest BCUT2D eigenvalue weighted by Crippen LogP contribution is 2.44. The highest BCUT2D eigenvalue weighted by atomic mass is 79.9. The number of benzene rings is 1. The molecule has 0 aromatic heterocycles. The summed E-state index contributed by atoms with van der Waals surface area (Å²) in [5.41, 5.74) is 0. The summed E-state index contributed by atoms with van der Waals surface area (Å²) in [5.74, 6) is 2.82. The molecule has 0 bridgehead atoms. The van der Waals surface area contributed by atoms with Crippen molar-refractivity contribution in [3.63, 3.8) is 0 Å². The van der Waals surface area contributed by atoms with Gasteiger partial charge in [-0.2, -0.15) is 0 Å². The fourth-order valence-electron chi connectivity index (χ4n) is 2.61. The van der Waals surface area contributed by atoms with Crippen molar-refractivity contribution in [3.05, 3.63) is 27.1 Å². The summed E-state index contributed by atoms with van der Waals surface area (Å²) in [5, 5.41) is 3.70. The van der Waals surface area contributed by atoms with Crippen molar-refractivity contribution in [2.24, 2.45) is 11.8 Å². The Hall–Kier alpha value is -0.0600. The highest BCUT2D eigenvalue weighted by molar-refractivity contribution is 9.11. The van der Waals surface area contributed by atoms with Crippen LogP contribution in [0.3, 0.4) is 0 Å². The molecule has 1 N–H and O–H groups in total. The summed E-state index contributed by atoms with van der Waals surface area (Å²) in [4.78, 5) is 0. The van der Waals surface area contributed by atoms with Gasteiger partial charge in [0.25, 0.3) is 0 Å². The van der Waals surface area contributed by atoms with E-state index in [9.17, 15) is 0 Å². The predicted octanol–water partition coefficient (Wildman–Crippen LogP) is 4.37. The van der Waals surface area contributed by atoms with E-state index in [1.54, 1.807) is 0 Å². The lowest BCUT2D eigenvalue weighted by molar-refractivity contribution is 0.292. The molecule has 0 atom stereocenters. The van der Waals surface area contributed by atoms with E-state index in [1.807, 2.05) is 18.2 Å². The fraction of sp³-hybridized carbons (Fsp3) is 0.600. The first-order valence-electron chi connectivity index (χ1n) is 7.05. The van der Waals surface area contributed by atoms with Gasteiger partial charge in [0.2, 0.25) is 0 Å². The van der Waals surface area contributed by atoms with Crippen LogP contribution in [0, 0.1) is 11.8 Å². The second-order valence-corrected chi connectivity index (χ2v) is 7.35. The van der Waals surface area contributed by atoms with Gasteiger partial charge in [0.05, 0.1) is 4.47 Å². The number of ether oxygens (including phenoxy) is 1. The highest BCUT2D eigenvalue weighted by Gasteiger charge is 2.40. The summed E-state index contributed by atoms with van der Waals surface area (Å²) < 4.78 is 7.88. The second kappa shape index (κ2) is 6.15. The number of hydrogen-bond acceptors (Lipinski definition) is 2. The topological polar surface area (TPSA) is 21.3 Å². The molecule has 0 aliphatic heterocycles. The third-order valence-electron chi connectivity index (χ3n) is 3.89. The molecule has 0 heterocycles. The van der Waals surface area contributed by atoms with Crippen LogP contribution in [0.15, 0.2) is 27.1 Å². The van der Waals surface area contributed by atoms with Crippen LogP contribution in [0.5, 0.6) is 5.75 Å². The molecular weight excluding hydrogens is 370 g/mol. The molecule has 2 aliphatic carbocycles. The molecule has 104 valence electrons. The number of halogens is 2. The maximum absolute atomic E-state index is 5.81. The third-order valence-corrected chi connectivity index (χ3v) is 5.01. The minimum atomic E-state index is 0.732. The molecule has 2 saturated carbocycles. The van der Waals surface area contributed by atoms with E-state index in [0.717, 1.165) is 45.7 Å². The molecule has 0 saturated heterocycles. The lowest BCUT2D eigenvalue weighted by atomic mass is 10.1. The Kier molecular flexibility index (Phi) is 4.50. The first-order chi connectivity index (χ1) is 9.24. The monoisotopic (exact) mass is 387 g/mol. The minimum Gasteiger partial charge on any atom is -0.491 e. The summed E-state index contributed by atoms with van der Waals surface area (Å²) >= 11 is 6.96. The number of rotatable bonds is 7. The smallest absolute Gasteiger partial charge is 0.133 e. The zero-order valence-corrected chi connectivity index (χ0v) is 14.0. The van der Waals surface area contributed by atoms with E-state index in [-0.39, 0.29) is 0 Å². The zero-order chi connectivity index (χ0) is 13.2. The Bertz CT molecular complexity index is 432. The summed E-state index contributed by atoms with van der Waals surface area (Å²) in [6.07, 6.45) is 5.70. The molecule has 3 rings (SSSR count). The maximum atomic E-state index is 5.81. The van der Waals surface area contributed by atoms with Crippen LogP contribution in [0.4, 0.5) is 0 Å². The van der Waals surface area contributed by atoms with Gasteiger partial charge in [-0.1, -0.05) is 15.9 Å². The van der Waals surface area contributed by atoms with Gasteiger partial charge < -0.3 is 10.1 Å². The molecule has 0 unspecified atom stereocenters. The fourth-order valence-corrected chi connectivity index (χ4v) is 3.77. The van der Waals surface area contributed by atoms with E-state index >= 15 is 0 Å². The SMILES string of the molecule is Brc1ccc(OCCNC(C2CC2)C2CC2)c(Br)c1. The second-order valence-electron chi connectivity index (χ2n) is 5.58. The summed E-state index contributed by atoms with van der Waals surface area (Å²) in [7, 11) is 0. The molecule has 19 heavy (non-hydrogen) atoms. The van der Waals surface area contributed by atoms with Crippen molar-refractivity contribution >= 4 is 31.9 Å². The maximum Gasteiger partial charge on any atom is 0.133 e. The lowest BCUT2D eigenvalue weighted by Crippen LogP contribution is -2.36. The molecular formula is C15H19Br2NO. The summed E-state index contributed by atoms with van der Waals surface area (Å²) in [6, 6.07) is 6.77. The van der Waals surface area contributed by atoms with Crippen LogP contribution >= 0.6 is 31.9 Å². The van der Waals surface area contributed by atoms with Gasteiger partial charge in [0, 0.05) is 17.1 Å². The largest absolute Gasteiger partial charge is 0.491 e. The normalized spacial score (nSPS) is 18.9. The van der Waals surface area contributed by atoms with E-state index in [1.165, 1.54) is 25.7 Å². The third kappa shape index (κ3) is 3.96. The molecule has 2 fully saturated rings. The minimum absolute atomic E-state index is 0.732. The van der Waals surface area contributed by atoms with Crippen molar-refractivity contribution < 1.29 is 4.74 Å². The van der Waals surface area contributed by atoms with Crippen molar-refractivity contribution in [1.82, 2.24) is 5.32 Å². The van der Waals surface area contributed by atoms with E-state index in [0.29, 0.717) is 0 Å². The van der Waals surface area contributed by atoms with Gasteiger partial charge in [-0.3, -0.25) is 0 Å². The lowest BCUT2D eigenvalue weighted by Gasteiger charge is -2.18. The molecule has 1 aromatic carbocycles. The Labute approximate surface area is 131 Å². The average molecular weight is 389 g/mol. The first kappa shape index (κ1) is 13.9. The van der Waals surface area contributed by atoms with E-state index in [2.05, 4.69) is 37.2 Å². The predicted molar refractivity (Wildman–Crippen MR) is 84.6 cm³/mol. The van der Waals surface area contributed by atoms with Crippen LogP contribution in [-0.4, -0.2) is 19.2 Å². The van der Waals surface area contributed by atoms with Crippen molar-refractivity contribution in [2.75, 3.05) is 13.2 Å². The van der Waals surface area contributed by atoms with Gasteiger partial charge in [0.1, 0.15) is 12.4 Å². The van der Waals surface area contributed by atoms with Crippen molar-refractivity contribution in [1.29, 1.82) is 0 Å². The molecule has 2 nitrogen and oxygen atoms in total. The van der Waals surface area contributed by atoms with Crippen molar-refractivity contribution in [2.45, 2.75) is 31.7 Å². The van der Waals surface area contributed by atoms with Crippen LogP contribution in [-0.2, 0) is 0 Å². The van der Waals surface area contributed by atoms with Crippen LogP contribution in [0.2, 0.25) is 0 Å². The summed E-state index contributed by atoms with van der Waals surface area (Å²) in [6.45, 7) is 1.68.